The molecule has 0 fully saturated rings. The number of hydrogen-bond acceptors (Lipinski definition) is 2. The molecule has 1 heterocycles. The minimum Gasteiger partial charge on any atom is -0.458 e. The third kappa shape index (κ3) is 2.61. The highest BCUT2D eigenvalue weighted by atomic mass is 79.9. The number of rotatable bonds is 3. The van der Waals surface area contributed by atoms with E-state index in [4.69, 9.17) is 4.42 Å². The molecule has 3 aromatic rings. The van der Waals surface area contributed by atoms with Gasteiger partial charge in [0.05, 0.1) is 10.5 Å². The number of benzene rings is 2. The first-order chi connectivity index (χ1) is 10.1. The van der Waals surface area contributed by atoms with E-state index in [9.17, 15) is 4.39 Å². The highest BCUT2D eigenvalue weighted by Crippen LogP contribution is 2.32. The summed E-state index contributed by atoms with van der Waals surface area (Å²) < 4.78 is 20.3. The van der Waals surface area contributed by atoms with Crippen LogP contribution >= 0.6 is 15.9 Å². The molecule has 2 aromatic carbocycles. The molecule has 0 bridgehead atoms. The summed E-state index contributed by atoms with van der Waals surface area (Å²) in [7, 11) is 1.87. The van der Waals surface area contributed by atoms with Crippen molar-refractivity contribution < 1.29 is 8.81 Å². The Morgan fingerprint density at radius 1 is 1.19 bits per heavy atom. The number of aryl methyl sites for hydroxylation is 1. The van der Waals surface area contributed by atoms with E-state index in [2.05, 4.69) is 21.2 Å². The molecular formula is C17H15BrFNO. The van der Waals surface area contributed by atoms with E-state index >= 15 is 0 Å². The van der Waals surface area contributed by atoms with Crippen molar-refractivity contribution in [3.8, 4) is 0 Å². The van der Waals surface area contributed by atoms with Gasteiger partial charge in [-0.1, -0.05) is 24.3 Å². The molecule has 0 saturated heterocycles. The topological polar surface area (TPSA) is 25.2 Å². The summed E-state index contributed by atoms with van der Waals surface area (Å²) in [6.07, 6.45) is 0. The van der Waals surface area contributed by atoms with Crippen LogP contribution in [0.15, 0.2) is 51.4 Å². The largest absolute Gasteiger partial charge is 0.458 e. The van der Waals surface area contributed by atoms with Gasteiger partial charge < -0.3 is 9.73 Å². The van der Waals surface area contributed by atoms with Gasteiger partial charge in [-0.05, 0) is 59.2 Å². The van der Waals surface area contributed by atoms with Crippen LogP contribution in [0.1, 0.15) is 22.9 Å². The van der Waals surface area contributed by atoms with Gasteiger partial charge in [0.15, 0.2) is 0 Å². The average Bonchev–Trinajstić information content (AvgIpc) is 2.89. The number of hydrogen-bond donors (Lipinski definition) is 1. The zero-order valence-corrected chi connectivity index (χ0v) is 13.4. The maximum atomic E-state index is 13.4. The Labute approximate surface area is 131 Å². The van der Waals surface area contributed by atoms with Gasteiger partial charge in [-0.25, -0.2) is 4.39 Å². The molecule has 0 radical (unpaired) electrons. The smallest absolute Gasteiger partial charge is 0.148 e. The van der Waals surface area contributed by atoms with Crippen molar-refractivity contribution in [2.24, 2.45) is 0 Å². The third-order valence-electron chi connectivity index (χ3n) is 3.60. The van der Waals surface area contributed by atoms with E-state index in [1.807, 2.05) is 37.4 Å². The summed E-state index contributed by atoms with van der Waals surface area (Å²) in [6, 6.07) is 13.0. The van der Waals surface area contributed by atoms with Gasteiger partial charge in [-0.3, -0.25) is 0 Å². The Morgan fingerprint density at radius 2 is 2.00 bits per heavy atom. The van der Waals surface area contributed by atoms with Crippen molar-refractivity contribution in [3.63, 3.8) is 0 Å². The first-order valence-electron chi connectivity index (χ1n) is 6.71. The monoisotopic (exact) mass is 347 g/mol. The van der Waals surface area contributed by atoms with E-state index < -0.39 is 0 Å². The molecule has 4 heteroatoms. The molecule has 3 rings (SSSR count). The predicted molar refractivity (Wildman–Crippen MR) is 86.0 cm³/mol. The normalized spacial score (nSPS) is 12.8. The average molecular weight is 348 g/mol. The minimum absolute atomic E-state index is 0.108. The van der Waals surface area contributed by atoms with Crippen molar-refractivity contribution in [1.29, 1.82) is 0 Å². The van der Waals surface area contributed by atoms with Gasteiger partial charge in [-0.2, -0.15) is 0 Å². The lowest BCUT2D eigenvalue weighted by Crippen LogP contribution is -2.17. The van der Waals surface area contributed by atoms with Crippen molar-refractivity contribution in [1.82, 2.24) is 5.32 Å². The predicted octanol–water partition coefficient (Wildman–Crippen LogP) is 4.95. The van der Waals surface area contributed by atoms with Crippen molar-refractivity contribution >= 4 is 26.9 Å². The zero-order valence-electron chi connectivity index (χ0n) is 11.8. The van der Waals surface area contributed by atoms with Crippen LogP contribution in [-0.2, 0) is 0 Å². The third-order valence-corrected chi connectivity index (χ3v) is 4.23. The number of para-hydroxylation sites is 1. The van der Waals surface area contributed by atoms with Crippen molar-refractivity contribution in [3.05, 3.63) is 69.6 Å². The second-order valence-electron chi connectivity index (χ2n) is 5.04. The molecule has 0 aliphatic rings. The molecule has 1 N–H and O–H groups in total. The molecule has 0 spiro atoms. The SMILES string of the molecule is CNC(c1ccc(F)c(C)c1)c1cc2cccc(Br)c2o1. The Morgan fingerprint density at radius 3 is 2.67 bits per heavy atom. The maximum Gasteiger partial charge on any atom is 0.148 e. The molecule has 108 valence electrons. The fraction of sp³-hybridized carbons (Fsp3) is 0.176. The van der Waals surface area contributed by atoms with Crippen molar-refractivity contribution in [2.45, 2.75) is 13.0 Å². The van der Waals surface area contributed by atoms with Gasteiger partial charge >= 0.3 is 0 Å². The Balaban J connectivity index is 2.09. The molecule has 0 amide bonds. The quantitative estimate of drug-likeness (QED) is 0.724. The molecule has 21 heavy (non-hydrogen) atoms. The number of nitrogens with one attached hydrogen (secondary N) is 1. The van der Waals surface area contributed by atoms with Crippen LogP contribution in [0.3, 0.4) is 0 Å². The summed E-state index contributed by atoms with van der Waals surface area (Å²) in [6.45, 7) is 1.76. The molecule has 0 saturated carbocycles. The van der Waals surface area contributed by atoms with E-state index in [-0.39, 0.29) is 11.9 Å². The Bertz CT molecular complexity index is 797. The summed E-state index contributed by atoms with van der Waals surface area (Å²) in [4.78, 5) is 0. The van der Waals surface area contributed by atoms with Crippen LogP contribution in [0.2, 0.25) is 0 Å². The van der Waals surface area contributed by atoms with E-state index in [1.165, 1.54) is 6.07 Å². The van der Waals surface area contributed by atoms with Crippen LogP contribution in [0.25, 0.3) is 11.0 Å². The highest BCUT2D eigenvalue weighted by Gasteiger charge is 2.18. The van der Waals surface area contributed by atoms with Crippen LogP contribution in [0, 0.1) is 12.7 Å². The first-order valence-corrected chi connectivity index (χ1v) is 7.50. The lowest BCUT2D eigenvalue weighted by atomic mass is 10.0. The molecule has 0 aliphatic heterocycles. The van der Waals surface area contributed by atoms with E-state index in [0.717, 1.165) is 26.8 Å². The minimum atomic E-state index is -0.194. The van der Waals surface area contributed by atoms with E-state index in [1.54, 1.807) is 13.0 Å². The summed E-state index contributed by atoms with van der Waals surface area (Å²) in [5.74, 6) is 0.617. The van der Waals surface area contributed by atoms with E-state index in [0.29, 0.717) is 5.56 Å². The number of furan rings is 1. The van der Waals surface area contributed by atoms with Gasteiger partial charge in [0.2, 0.25) is 0 Å². The summed E-state index contributed by atoms with van der Waals surface area (Å²) >= 11 is 3.49. The molecular weight excluding hydrogens is 333 g/mol. The standard InChI is InChI=1S/C17H15BrFNO/c1-10-8-11(6-7-14(10)19)16(20-2)15-9-12-4-3-5-13(18)17(12)21-15/h3-9,16,20H,1-2H3. The first kappa shape index (κ1) is 14.3. The van der Waals surface area contributed by atoms with Gasteiger partial charge in [0.25, 0.3) is 0 Å². The fourth-order valence-electron chi connectivity index (χ4n) is 2.51. The van der Waals surface area contributed by atoms with Gasteiger partial charge in [-0.15, -0.1) is 0 Å². The summed E-state index contributed by atoms with van der Waals surface area (Å²) in [5, 5.41) is 4.27. The lowest BCUT2D eigenvalue weighted by molar-refractivity contribution is 0.490. The summed E-state index contributed by atoms with van der Waals surface area (Å²) in [5.41, 5.74) is 2.43. The lowest BCUT2D eigenvalue weighted by Gasteiger charge is -2.14. The molecule has 1 aromatic heterocycles. The van der Waals surface area contributed by atoms with Gasteiger partial charge in [0, 0.05) is 5.39 Å². The number of fused-ring (bicyclic) bond motifs is 1. The molecule has 0 aliphatic carbocycles. The van der Waals surface area contributed by atoms with Crippen LogP contribution in [0.4, 0.5) is 4.39 Å². The second kappa shape index (κ2) is 5.62. The fourth-order valence-corrected chi connectivity index (χ4v) is 2.97. The highest BCUT2D eigenvalue weighted by molar-refractivity contribution is 9.10. The molecule has 1 unspecified atom stereocenters. The van der Waals surface area contributed by atoms with Crippen LogP contribution in [0.5, 0.6) is 0 Å². The Kier molecular flexibility index (Phi) is 3.83. The molecule has 1 atom stereocenters. The van der Waals surface area contributed by atoms with Crippen molar-refractivity contribution in [2.75, 3.05) is 7.05 Å². The number of halogens is 2. The molecule has 2 nitrogen and oxygen atoms in total. The second-order valence-corrected chi connectivity index (χ2v) is 5.89. The van der Waals surface area contributed by atoms with Crippen LogP contribution < -0.4 is 5.32 Å². The maximum absolute atomic E-state index is 13.4. The zero-order chi connectivity index (χ0) is 15.0. The van der Waals surface area contributed by atoms with Gasteiger partial charge in [0.1, 0.15) is 17.2 Å². The Hall–Kier alpha value is -1.65. The van der Waals surface area contributed by atoms with Crippen LogP contribution in [-0.4, -0.2) is 7.05 Å².